The Bertz CT molecular complexity index is 546. The molecule has 1 unspecified atom stereocenters. The smallest absolute Gasteiger partial charge is 0.322 e. The highest BCUT2D eigenvalue weighted by Gasteiger charge is 2.25. The van der Waals surface area contributed by atoms with Crippen molar-refractivity contribution in [1.82, 2.24) is 10.2 Å². The number of benzene rings is 1. The number of amides is 2. The molecule has 0 aliphatic carbocycles. The summed E-state index contributed by atoms with van der Waals surface area (Å²) in [7, 11) is 0. The summed E-state index contributed by atoms with van der Waals surface area (Å²) in [6.07, 6.45) is 1.19. The first-order valence-corrected chi connectivity index (χ1v) is 8.74. The molecule has 0 saturated carbocycles. The van der Waals surface area contributed by atoms with Gasteiger partial charge in [-0.05, 0) is 36.9 Å². The van der Waals surface area contributed by atoms with Crippen LogP contribution in [0.4, 0.5) is 16.2 Å². The van der Waals surface area contributed by atoms with Gasteiger partial charge in [0.05, 0.1) is 11.4 Å². The molecule has 2 aliphatic rings. The number of nitrogens with zero attached hydrogens (tertiary/aromatic N) is 2. The van der Waals surface area contributed by atoms with E-state index in [1.807, 2.05) is 29.2 Å². The average molecular weight is 316 g/mol. The number of carbonyl (C=O) groups is 1. The summed E-state index contributed by atoms with van der Waals surface area (Å²) in [4.78, 5) is 16.9. The first-order chi connectivity index (χ1) is 11.1. The SMILES string of the molecule is CC(C)CN1CCC(CNC(=O)N2CCNc3ccccc32)C1. The number of fused-ring (bicyclic) bond motifs is 1. The maximum atomic E-state index is 12.6. The van der Waals surface area contributed by atoms with Crippen molar-refractivity contribution in [1.29, 1.82) is 0 Å². The van der Waals surface area contributed by atoms with E-state index < -0.39 is 0 Å². The van der Waals surface area contributed by atoms with Gasteiger partial charge in [-0.2, -0.15) is 0 Å². The molecule has 1 aromatic carbocycles. The fourth-order valence-corrected chi connectivity index (χ4v) is 3.58. The third-order valence-electron chi connectivity index (χ3n) is 4.63. The molecule has 2 aliphatic heterocycles. The quantitative estimate of drug-likeness (QED) is 0.897. The molecule has 1 fully saturated rings. The summed E-state index contributed by atoms with van der Waals surface area (Å²) in [6.45, 7) is 10.2. The van der Waals surface area contributed by atoms with Crippen molar-refractivity contribution in [3.8, 4) is 0 Å². The number of carbonyl (C=O) groups excluding carboxylic acids is 1. The zero-order valence-corrected chi connectivity index (χ0v) is 14.2. The van der Waals surface area contributed by atoms with Crippen molar-refractivity contribution in [3.05, 3.63) is 24.3 Å². The zero-order chi connectivity index (χ0) is 16.2. The van der Waals surface area contributed by atoms with E-state index in [-0.39, 0.29) is 6.03 Å². The first kappa shape index (κ1) is 16.1. The van der Waals surface area contributed by atoms with Crippen molar-refractivity contribution >= 4 is 17.4 Å². The molecule has 23 heavy (non-hydrogen) atoms. The van der Waals surface area contributed by atoms with Gasteiger partial charge in [0.25, 0.3) is 0 Å². The monoisotopic (exact) mass is 316 g/mol. The number of urea groups is 1. The summed E-state index contributed by atoms with van der Waals surface area (Å²) >= 11 is 0. The second kappa shape index (κ2) is 7.21. The van der Waals surface area contributed by atoms with Crippen molar-refractivity contribution in [2.75, 3.05) is 49.5 Å². The maximum Gasteiger partial charge on any atom is 0.322 e. The molecular weight excluding hydrogens is 288 g/mol. The lowest BCUT2D eigenvalue weighted by Gasteiger charge is -2.30. The fraction of sp³-hybridized carbons (Fsp3) is 0.611. The number of likely N-dealkylation sites (tertiary alicyclic amines) is 1. The van der Waals surface area contributed by atoms with Crippen molar-refractivity contribution in [3.63, 3.8) is 0 Å². The largest absolute Gasteiger partial charge is 0.382 e. The Morgan fingerprint density at radius 3 is 3.00 bits per heavy atom. The highest BCUT2D eigenvalue weighted by atomic mass is 16.2. The summed E-state index contributed by atoms with van der Waals surface area (Å²) < 4.78 is 0. The number of rotatable bonds is 4. The minimum Gasteiger partial charge on any atom is -0.382 e. The molecule has 0 radical (unpaired) electrons. The molecule has 126 valence electrons. The number of anilines is 2. The van der Waals surface area contributed by atoms with E-state index in [2.05, 4.69) is 29.4 Å². The second-order valence-electron chi connectivity index (χ2n) is 7.09. The first-order valence-electron chi connectivity index (χ1n) is 8.74. The van der Waals surface area contributed by atoms with Gasteiger partial charge in [0.15, 0.2) is 0 Å². The lowest BCUT2D eigenvalue weighted by Crippen LogP contribution is -2.46. The zero-order valence-electron chi connectivity index (χ0n) is 14.2. The van der Waals surface area contributed by atoms with Gasteiger partial charge in [-0.25, -0.2) is 4.79 Å². The van der Waals surface area contributed by atoms with Gasteiger partial charge in [0.1, 0.15) is 0 Å². The Kier molecular flexibility index (Phi) is 5.06. The molecule has 2 amide bonds. The van der Waals surface area contributed by atoms with Gasteiger partial charge in [-0.1, -0.05) is 26.0 Å². The summed E-state index contributed by atoms with van der Waals surface area (Å²) in [6, 6.07) is 8.03. The van der Waals surface area contributed by atoms with Crippen LogP contribution in [0.1, 0.15) is 20.3 Å². The Labute approximate surface area is 139 Å². The topological polar surface area (TPSA) is 47.6 Å². The molecule has 0 aromatic heterocycles. The van der Waals surface area contributed by atoms with Crippen LogP contribution in [0, 0.1) is 11.8 Å². The molecule has 1 aromatic rings. The van der Waals surface area contributed by atoms with Crippen LogP contribution in [-0.4, -0.2) is 50.2 Å². The molecule has 2 N–H and O–H groups in total. The van der Waals surface area contributed by atoms with Crippen LogP contribution in [0.5, 0.6) is 0 Å². The van der Waals surface area contributed by atoms with Crippen LogP contribution < -0.4 is 15.5 Å². The van der Waals surface area contributed by atoms with Crippen LogP contribution in [0.15, 0.2) is 24.3 Å². The molecule has 1 atom stereocenters. The summed E-state index contributed by atoms with van der Waals surface area (Å²) in [5.41, 5.74) is 2.02. The predicted octanol–water partition coefficient (Wildman–Crippen LogP) is 2.61. The highest BCUT2D eigenvalue weighted by Crippen LogP contribution is 2.28. The van der Waals surface area contributed by atoms with Crippen molar-refractivity contribution < 1.29 is 4.79 Å². The number of hydrogen-bond donors (Lipinski definition) is 2. The highest BCUT2D eigenvalue weighted by molar-refractivity contribution is 5.96. The van der Waals surface area contributed by atoms with E-state index >= 15 is 0 Å². The second-order valence-corrected chi connectivity index (χ2v) is 7.09. The molecule has 0 spiro atoms. The Morgan fingerprint density at radius 1 is 1.35 bits per heavy atom. The molecule has 5 nitrogen and oxygen atoms in total. The molecule has 1 saturated heterocycles. The molecule has 0 bridgehead atoms. The predicted molar refractivity (Wildman–Crippen MR) is 95.1 cm³/mol. The third-order valence-corrected chi connectivity index (χ3v) is 4.63. The van der Waals surface area contributed by atoms with E-state index in [1.165, 1.54) is 6.42 Å². The minimum atomic E-state index is 0.0289. The van der Waals surface area contributed by atoms with Crippen molar-refractivity contribution in [2.45, 2.75) is 20.3 Å². The summed E-state index contributed by atoms with van der Waals surface area (Å²) in [5.74, 6) is 1.29. The Balaban J connectivity index is 1.51. The lowest BCUT2D eigenvalue weighted by atomic mass is 10.1. The minimum absolute atomic E-state index is 0.0289. The summed E-state index contributed by atoms with van der Waals surface area (Å²) in [5, 5.41) is 6.48. The fourth-order valence-electron chi connectivity index (χ4n) is 3.58. The van der Waals surface area contributed by atoms with E-state index in [1.54, 1.807) is 0 Å². The third kappa shape index (κ3) is 3.96. The molecule has 5 heteroatoms. The van der Waals surface area contributed by atoms with Gasteiger partial charge >= 0.3 is 6.03 Å². The molecule has 2 heterocycles. The van der Waals surface area contributed by atoms with E-state index in [0.29, 0.717) is 18.4 Å². The van der Waals surface area contributed by atoms with Crippen LogP contribution in [-0.2, 0) is 0 Å². The van der Waals surface area contributed by atoms with Gasteiger partial charge in [-0.15, -0.1) is 0 Å². The Morgan fingerprint density at radius 2 is 2.17 bits per heavy atom. The number of nitrogens with one attached hydrogen (secondary N) is 2. The van der Waals surface area contributed by atoms with Crippen molar-refractivity contribution in [2.24, 2.45) is 11.8 Å². The van der Waals surface area contributed by atoms with Crippen LogP contribution in [0.25, 0.3) is 0 Å². The standard InChI is InChI=1S/C18H28N4O/c1-14(2)12-21-9-7-15(13-21)11-20-18(23)22-10-8-19-16-5-3-4-6-17(16)22/h3-6,14-15,19H,7-13H2,1-2H3,(H,20,23). The van der Waals surface area contributed by atoms with Gasteiger partial charge in [-0.3, -0.25) is 4.90 Å². The maximum absolute atomic E-state index is 12.6. The van der Waals surface area contributed by atoms with E-state index in [4.69, 9.17) is 0 Å². The Hall–Kier alpha value is -1.75. The number of para-hydroxylation sites is 2. The number of hydrogen-bond acceptors (Lipinski definition) is 3. The molecular formula is C18H28N4O. The normalized spacial score (nSPS) is 21.2. The van der Waals surface area contributed by atoms with Gasteiger partial charge < -0.3 is 15.5 Å². The van der Waals surface area contributed by atoms with Gasteiger partial charge in [0.2, 0.25) is 0 Å². The van der Waals surface area contributed by atoms with Gasteiger partial charge in [0, 0.05) is 32.7 Å². The van der Waals surface area contributed by atoms with Crippen LogP contribution >= 0.6 is 0 Å². The molecule has 3 rings (SSSR count). The van der Waals surface area contributed by atoms with E-state index in [0.717, 1.165) is 44.1 Å². The van der Waals surface area contributed by atoms with Crippen LogP contribution in [0.2, 0.25) is 0 Å². The van der Waals surface area contributed by atoms with Crippen LogP contribution in [0.3, 0.4) is 0 Å². The lowest BCUT2D eigenvalue weighted by molar-refractivity contribution is 0.243. The average Bonchev–Trinajstić information content (AvgIpc) is 2.98. The van der Waals surface area contributed by atoms with E-state index in [9.17, 15) is 4.79 Å².